The number of nitrogens with zero attached hydrogens (tertiary/aromatic N) is 1. The predicted molar refractivity (Wildman–Crippen MR) is 82.9 cm³/mol. The molecule has 0 saturated heterocycles. The maximum atomic E-state index is 12.5. The minimum Gasteiger partial charge on any atom is -0.335 e. The predicted octanol–water partition coefficient (Wildman–Crippen LogP) is 2.88. The summed E-state index contributed by atoms with van der Waals surface area (Å²) in [5.41, 5.74) is 6.52. The molecule has 3 N–H and O–H groups in total. The van der Waals surface area contributed by atoms with Gasteiger partial charge in [0.25, 0.3) is 0 Å². The number of nitrogens with two attached hydrogens (primary N) is 1. The van der Waals surface area contributed by atoms with E-state index in [0.29, 0.717) is 19.1 Å². The van der Waals surface area contributed by atoms with E-state index in [-0.39, 0.29) is 6.03 Å². The van der Waals surface area contributed by atoms with E-state index in [4.69, 9.17) is 5.73 Å². The van der Waals surface area contributed by atoms with Gasteiger partial charge in [0.15, 0.2) is 0 Å². The van der Waals surface area contributed by atoms with E-state index in [0.717, 1.165) is 24.9 Å². The molecular weight excluding hydrogens is 250 g/mol. The van der Waals surface area contributed by atoms with Gasteiger partial charge in [-0.2, -0.15) is 0 Å². The smallest absolute Gasteiger partial charge is 0.322 e. The van der Waals surface area contributed by atoms with Crippen molar-refractivity contribution in [1.29, 1.82) is 0 Å². The highest BCUT2D eigenvalue weighted by atomic mass is 16.2. The second kappa shape index (κ2) is 7.90. The molecule has 2 rings (SSSR count). The summed E-state index contributed by atoms with van der Waals surface area (Å²) in [4.78, 5) is 14.3. The molecule has 1 aliphatic rings. The van der Waals surface area contributed by atoms with Gasteiger partial charge in [0.1, 0.15) is 0 Å². The average molecular weight is 275 g/mol. The molecule has 0 spiro atoms. The van der Waals surface area contributed by atoms with Crippen LogP contribution in [0.15, 0.2) is 30.3 Å². The molecule has 0 atom stereocenters. The Morgan fingerprint density at radius 1 is 1.20 bits per heavy atom. The van der Waals surface area contributed by atoms with Crippen molar-refractivity contribution in [3.63, 3.8) is 0 Å². The van der Waals surface area contributed by atoms with Gasteiger partial charge in [-0.15, -0.1) is 0 Å². The summed E-state index contributed by atoms with van der Waals surface area (Å²) >= 11 is 0. The van der Waals surface area contributed by atoms with E-state index < -0.39 is 0 Å². The van der Waals surface area contributed by atoms with E-state index in [2.05, 4.69) is 5.32 Å². The molecule has 0 heterocycles. The van der Waals surface area contributed by atoms with Crippen LogP contribution in [0.2, 0.25) is 0 Å². The zero-order valence-corrected chi connectivity index (χ0v) is 12.1. The monoisotopic (exact) mass is 275 g/mol. The molecule has 0 aromatic heterocycles. The molecule has 0 unspecified atom stereocenters. The van der Waals surface area contributed by atoms with Gasteiger partial charge in [0, 0.05) is 18.3 Å². The zero-order chi connectivity index (χ0) is 14.2. The van der Waals surface area contributed by atoms with Gasteiger partial charge in [-0.1, -0.05) is 37.5 Å². The van der Waals surface area contributed by atoms with Crippen molar-refractivity contribution in [1.82, 2.24) is 5.32 Å². The first-order valence-corrected chi connectivity index (χ1v) is 7.64. The van der Waals surface area contributed by atoms with Crippen LogP contribution >= 0.6 is 0 Å². The maximum Gasteiger partial charge on any atom is 0.322 e. The first kappa shape index (κ1) is 14.9. The molecule has 1 saturated carbocycles. The van der Waals surface area contributed by atoms with Crippen LogP contribution in [0.3, 0.4) is 0 Å². The van der Waals surface area contributed by atoms with Crippen molar-refractivity contribution in [2.24, 2.45) is 5.73 Å². The fourth-order valence-electron chi connectivity index (χ4n) is 2.70. The number of para-hydroxylation sites is 1. The Balaban J connectivity index is 1.99. The highest BCUT2D eigenvalue weighted by molar-refractivity contribution is 5.92. The average Bonchev–Trinajstić information content (AvgIpc) is 2.50. The fraction of sp³-hybridized carbons (Fsp3) is 0.562. The third kappa shape index (κ3) is 4.23. The van der Waals surface area contributed by atoms with Gasteiger partial charge in [-0.05, 0) is 37.9 Å². The first-order valence-electron chi connectivity index (χ1n) is 7.64. The number of urea groups is 1. The minimum absolute atomic E-state index is 0.0107. The van der Waals surface area contributed by atoms with Crippen molar-refractivity contribution >= 4 is 11.7 Å². The van der Waals surface area contributed by atoms with Crippen LogP contribution in [0.4, 0.5) is 10.5 Å². The normalized spacial score (nSPS) is 15.8. The van der Waals surface area contributed by atoms with Crippen molar-refractivity contribution in [2.45, 2.75) is 44.6 Å². The van der Waals surface area contributed by atoms with Crippen LogP contribution in [0.5, 0.6) is 0 Å². The molecule has 0 radical (unpaired) electrons. The molecule has 4 heteroatoms. The van der Waals surface area contributed by atoms with E-state index in [1.807, 2.05) is 35.2 Å². The summed E-state index contributed by atoms with van der Waals surface area (Å²) < 4.78 is 0. The van der Waals surface area contributed by atoms with Gasteiger partial charge in [0.2, 0.25) is 0 Å². The molecule has 2 amide bonds. The Hall–Kier alpha value is -1.55. The Morgan fingerprint density at radius 3 is 2.55 bits per heavy atom. The lowest BCUT2D eigenvalue weighted by Gasteiger charge is -2.28. The second-order valence-electron chi connectivity index (χ2n) is 5.41. The summed E-state index contributed by atoms with van der Waals surface area (Å²) in [5.74, 6) is 0. The molecule has 4 nitrogen and oxygen atoms in total. The van der Waals surface area contributed by atoms with Crippen molar-refractivity contribution in [3.05, 3.63) is 30.3 Å². The van der Waals surface area contributed by atoms with Crippen LogP contribution in [0.25, 0.3) is 0 Å². The van der Waals surface area contributed by atoms with Crippen LogP contribution in [0.1, 0.15) is 38.5 Å². The van der Waals surface area contributed by atoms with Gasteiger partial charge in [0.05, 0.1) is 0 Å². The summed E-state index contributed by atoms with van der Waals surface area (Å²) in [6.45, 7) is 1.26. The number of carbonyl (C=O) groups is 1. The summed E-state index contributed by atoms with van der Waals surface area (Å²) in [6.07, 6.45) is 6.75. The van der Waals surface area contributed by atoms with E-state index in [9.17, 15) is 4.79 Å². The van der Waals surface area contributed by atoms with Crippen molar-refractivity contribution in [3.8, 4) is 0 Å². The zero-order valence-electron chi connectivity index (χ0n) is 12.1. The SMILES string of the molecule is NCCCN(C(=O)NC1CCCCC1)c1ccccc1. The highest BCUT2D eigenvalue weighted by Crippen LogP contribution is 2.19. The summed E-state index contributed by atoms with van der Waals surface area (Å²) in [5, 5.41) is 3.17. The Morgan fingerprint density at radius 2 is 1.90 bits per heavy atom. The molecule has 0 bridgehead atoms. The number of anilines is 1. The van der Waals surface area contributed by atoms with Gasteiger partial charge in [-0.3, -0.25) is 4.90 Å². The molecule has 1 aromatic carbocycles. The van der Waals surface area contributed by atoms with Crippen molar-refractivity contribution in [2.75, 3.05) is 18.0 Å². The third-order valence-corrected chi connectivity index (χ3v) is 3.83. The molecule has 110 valence electrons. The van der Waals surface area contributed by atoms with E-state index in [1.54, 1.807) is 0 Å². The second-order valence-corrected chi connectivity index (χ2v) is 5.41. The standard InChI is InChI=1S/C16H25N3O/c17-12-7-13-19(15-10-5-2-6-11-15)16(20)18-14-8-3-1-4-9-14/h2,5-6,10-11,14H,1,3-4,7-9,12-13,17H2,(H,18,20). The Labute approximate surface area is 121 Å². The number of hydrogen-bond donors (Lipinski definition) is 2. The summed E-state index contributed by atoms with van der Waals surface area (Å²) in [7, 11) is 0. The number of amides is 2. The molecular formula is C16H25N3O. The molecule has 1 aromatic rings. The summed E-state index contributed by atoms with van der Waals surface area (Å²) in [6, 6.07) is 10.2. The lowest BCUT2D eigenvalue weighted by Crippen LogP contribution is -2.46. The quantitative estimate of drug-likeness (QED) is 0.868. The van der Waals surface area contributed by atoms with Gasteiger partial charge < -0.3 is 11.1 Å². The molecule has 0 aliphatic heterocycles. The number of hydrogen-bond acceptors (Lipinski definition) is 2. The van der Waals surface area contributed by atoms with Crippen LogP contribution in [0, 0.1) is 0 Å². The van der Waals surface area contributed by atoms with Crippen LogP contribution in [-0.2, 0) is 0 Å². The highest BCUT2D eigenvalue weighted by Gasteiger charge is 2.20. The maximum absolute atomic E-state index is 12.5. The fourth-order valence-corrected chi connectivity index (χ4v) is 2.70. The molecule has 1 fully saturated rings. The number of carbonyl (C=O) groups excluding carboxylic acids is 1. The van der Waals surface area contributed by atoms with Crippen LogP contribution in [-0.4, -0.2) is 25.2 Å². The van der Waals surface area contributed by atoms with Crippen molar-refractivity contribution < 1.29 is 4.79 Å². The van der Waals surface area contributed by atoms with E-state index >= 15 is 0 Å². The van der Waals surface area contributed by atoms with Gasteiger partial charge in [-0.25, -0.2) is 4.79 Å². The Bertz CT molecular complexity index is 401. The third-order valence-electron chi connectivity index (χ3n) is 3.83. The molecule has 1 aliphatic carbocycles. The molecule has 20 heavy (non-hydrogen) atoms. The lowest BCUT2D eigenvalue weighted by molar-refractivity contribution is 0.238. The number of nitrogens with one attached hydrogen (secondary N) is 1. The van der Waals surface area contributed by atoms with Crippen LogP contribution < -0.4 is 16.0 Å². The first-order chi connectivity index (χ1) is 9.81. The number of rotatable bonds is 5. The minimum atomic E-state index is 0.0107. The number of benzene rings is 1. The topological polar surface area (TPSA) is 58.4 Å². The van der Waals surface area contributed by atoms with E-state index in [1.165, 1.54) is 19.3 Å². The van der Waals surface area contributed by atoms with Gasteiger partial charge >= 0.3 is 6.03 Å². The Kier molecular flexibility index (Phi) is 5.87. The lowest BCUT2D eigenvalue weighted by atomic mass is 9.96. The largest absolute Gasteiger partial charge is 0.335 e.